The van der Waals surface area contributed by atoms with Gasteiger partial charge in [-0.1, -0.05) is 0 Å². The molecule has 0 fully saturated rings. The molecule has 0 saturated heterocycles. The SMILES string of the molecule is C=Nc1sc2c(c1C(=O)OC)CCN(C(C)C)C2. The molecule has 2 rings (SSSR count). The molecule has 0 aromatic carbocycles. The van der Waals surface area contributed by atoms with Crippen LogP contribution in [-0.4, -0.2) is 37.3 Å². The van der Waals surface area contributed by atoms with Gasteiger partial charge in [-0.15, -0.1) is 11.3 Å². The van der Waals surface area contributed by atoms with Gasteiger partial charge in [-0.05, 0) is 32.5 Å². The Balaban J connectivity index is 2.40. The average molecular weight is 266 g/mol. The zero-order valence-electron chi connectivity index (χ0n) is 11.0. The lowest BCUT2D eigenvalue weighted by molar-refractivity contribution is 0.0600. The van der Waals surface area contributed by atoms with E-state index in [1.807, 2.05) is 0 Å². The monoisotopic (exact) mass is 266 g/mol. The Labute approximate surface area is 111 Å². The third-order valence-electron chi connectivity index (χ3n) is 3.33. The highest BCUT2D eigenvalue weighted by atomic mass is 32.1. The van der Waals surface area contributed by atoms with Gasteiger partial charge in [0, 0.05) is 24.0 Å². The third-order valence-corrected chi connectivity index (χ3v) is 4.48. The van der Waals surface area contributed by atoms with E-state index >= 15 is 0 Å². The molecule has 0 aliphatic carbocycles. The van der Waals surface area contributed by atoms with Crippen molar-refractivity contribution in [3.8, 4) is 0 Å². The molecule has 4 nitrogen and oxygen atoms in total. The molecule has 5 heteroatoms. The second-order valence-corrected chi connectivity index (χ2v) is 5.73. The summed E-state index contributed by atoms with van der Waals surface area (Å²) in [6, 6.07) is 0.516. The molecule has 0 saturated carbocycles. The van der Waals surface area contributed by atoms with E-state index in [-0.39, 0.29) is 5.97 Å². The van der Waals surface area contributed by atoms with Crippen molar-refractivity contribution in [1.82, 2.24) is 4.90 Å². The predicted octanol–water partition coefficient (Wildman–Crippen LogP) is 2.63. The molecule has 1 aromatic rings. The van der Waals surface area contributed by atoms with Gasteiger partial charge < -0.3 is 4.74 Å². The van der Waals surface area contributed by atoms with Crippen LogP contribution in [0.5, 0.6) is 0 Å². The molecular formula is C13H18N2O2S. The largest absolute Gasteiger partial charge is 0.465 e. The van der Waals surface area contributed by atoms with Crippen LogP contribution < -0.4 is 0 Å². The minimum Gasteiger partial charge on any atom is -0.465 e. The van der Waals surface area contributed by atoms with E-state index in [1.165, 1.54) is 12.0 Å². The number of nitrogens with zero attached hydrogens (tertiary/aromatic N) is 2. The van der Waals surface area contributed by atoms with Crippen molar-refractivity contribution in [3.63, 3.8) is 0 Å². The highest BCUT2D eigenvalue weighted by Gasteiger charge is 2.28. The molecule has 0 spiro atoms. The molecule has 0 unspecified atom stereocenters. The minimum absolute atomic E-state index is 0.298. The predicted molar refractivity (Wildman–Crippen MR) is 74.1 cm³/mol. The maximum absolute atomic E-state index is 11.8. The maximum Gasteiger partial charge on any atom is 0.341 e. The van der Waals surface area contributed by atoms with Crippen LogP contribution in [0.1, 0.15) is 34.6 Å². The summed E-state index contributed by atoms with van der Waals surface area (Å²) >= 11 is 1.56. The lowest BCUT2D eigenvalue weighted by Gasteiger charge is -2.30. The fraction of sp³-hybridized carbons (Fsp3) is 0.538. The summed E-state index contributed by atoms with van der Waals surface area (Å²) < 4.78 is 4.84. The van der Waals surface area contributed by atoms with Crippen LogP contribution in [0.25, 0.3) is 0 Å². The normalized spacial score (nSPS) is 15.6. The zero-order valence-corrected chi connectivity index (χ0v) is 11.8. The number of carbonyl (C=O) groups excluding carboxylic acids is 1. The number of hydrogen-bond donors (Lipinski definition) is 0. The summed E-state index contributed by atoms with van der Waals surface area (Å²) in [5.74, 6) is -0.298. The molecule has 98 valence electrons. The molecule has 18 heavy (non-hydrogen) atoms. The molecule has 0 radical (unpaired) electrons. The maximum atomic E-state index is 11.8. The van der Waals surface area contributed by atoms with Crippen LogP contribution in [-0.2, 0) is 17.7 Å². The van der Waals surface area contributed by atoms with Gasteiger partial charge in [-0.25, -0.2) is 4.79 Å². The van der Waals surface area contributed by atoms with Crippen molar-refractivity contribution in [2.75, 3.05) is 13.7 Å². The van der Waals surface area contributed by atoms with Gasteiger partial charge in [-0.2, -0.15) is 0 Å². The molecule has 0 bridgehead atoms. The van der Waals surface area contributed by atoms with Gasteiger partial charge in [0.2, 0.25) is 0 Å². The van der Waals surface area contributed by atoms with E-state index in [0.717, 1.165) is 25.1 Å². The standard InChI is InChI=1S/C13H18N2O2S/c1-8(2)15-6-5-9-10(7-15)18-12(14-3)11(9)13(16)17-4/h8H,3,5-7H2,1-2,4H3. The number of rotatable bonds is 3. The summed E-state index contributed by atoms with van der Waals surface area (Å²) in [4.78, 5) is 19.4. The average Bonchev–Trinajstić information content (AvgIpc) is 2.74. The van der Waals surface area contributed by atoms with Crippen LogP contribution in [0.4, 0.5) is 5.00 Å². The summed E-state index contributed by atoms with van der Waals surface area (Å²) in [6.07, 6.45) is 0.879. The Kier molecular flexibility index (Phi) is 3.82. The first-order valence-corrected chi connectivity index (χ1v) is 6.83. The van der Waals surface area contributed by atoms with Gasteiger partial charge >= 0.3 is 5.97 Å². The van der Waals surface area contributed by atoms with Crippen molar-refractivity contribution in [2.45, 2.75) is 32.9 Å². The first-order chi connectivity index (χ1) is 8.58. The smallest absolute Gasteiger partial charge is 0.341 e. The molecule has 1 aromatic heterocycles. The Morgan fingerprint density at radius 1 is 1.56 bits per heavy atom. The number of aliphatic imine (C=N–C) groups is 1. The third kappa shape index (κ3) is 2.20. The number of ether oxygens (including phenoxy) is 1. The van der Waals surface area contributed by atoms with E-state index in [4.69, 9.17) is 4.74 Å². The first kappa shape index (κ1) is 13.2. The molecule has 0 N–H and O–H groups in total. The van der Waals surface area contributed by atoms with Crippen LogP contribution in [0.2, 0.25) is 0 Å². The van der Waals surface area contributed by atoms with Crippen molar-refractivity contribution >= 4 is 29.0 Å². The quantitative estimate of drug-likeness (QED) is 0.624. The molecule has 2 heterocycles. The molecule has 1 aliphatic heterocycles. The Hall–Kier alpha value is -1.20. The first-order valence-electron chi connectivity index (χ1n) is 6.02. The van der Waals surface area contributed by atoms with Crippen LogP contribution in [0.15, 0.2) is 4.99 Å². The van der Waals surface area contributed by atoms with Crippen LogP contribution in [0, 0.1) is 0 Å². The Morgan fingerprint density at radius 2 is 2.28 bits per heavy atom. The fourth-order valence-electron chi connectivity index (χ4n) is 2.27. The van der Waals surface area contributed by atoms with E-state index in [0.29, 0.717) is 16.6 Å². The summed E-state index contributed by atoms with van der Waals surface area (Å²) in [5.41, 5.74) is 1.72. The summed E-state index contributed by atoms with van der Waals surface area (Å²) in [6.45, 7) is 9.78. The van der Waals surface area contributed by atoms with E-state index in [9.17, 15) is 4.79 Å². The molecule has 0 amide bonds. The zero-order chi connectivity index (χ0) is 13.3. The number of esters is 1. The van der Waals surface area contributed by atoms with Crippen LogP contribution in [0.3, 0.4) is 0 Å². The summed E-state index contributed by atoms with van der Waals surface area (Å²) in [7, 11) is 1.41. The fourth-order valence-corrected chi connectivity index (χ4v) is 3.44. The van der Waals surface area contributed by atoms with E-state index < -0.39 is 0 Å². The van der Waals surface area contributed by atoms with Crippen LogP contribution >= 0.6 is 11.3 Å². The lowest BCUT2D eigenvalue weighted by atomic mass is 10.0. The molecule has 1 aliphatic rings. The highest BCUT2D eigenvalue weighted by molar-refractivity contribution is 7.16. The van der Waals surface area contributed by atoms with Crippen molar-refractivity contribution < 1.29 is 9.53 Å². The minimum atomic E-state index is -0.298. The van der Waals surface area contributed by atoms with E-state index in [1.54, 1.807) is 11.3 Å². The second kappa shape index (κ2) is 5.20. The van der Waals surface area contributed by atoms with Crippen molar-refractivity contribution in [2.24, 2.45) is 4.99 Å². The van der Waals surface area contributed by atoms with Crippen molar-refractivity contribution in [1.29, 1.82) is 0 Å². The van der Waals surface area contributed by atoms with Gasteiger partial charge in [-0.3, -0.25) is 9.89 Å². The number of hydrogen-bond acceptors (Lipinski definition) is 5. The highest BCUT2D eigenvalue weighted by Crippen LogP contribution is 2.39. The van der Waals surface area contributed by atoms with Gasteiger partial charge in [0.05, 0.1) is 12.7 Å². The number of thiophene rings is 1. The number of carbonyl (C=O) groups is 1. The van der Waals surface area contributed by atoms with Gasteiger partial charge in [0.25, 0.3) is 0 Å². The number of fused-ring (bicyclic) bond motifs is 1. The van der Waals surface area contributed by atoms with Gasteiger partial charge in [0.15, 0.2) is 0 Å². The van der Waals surface area contributed by atoms with Crippen molar-refractivity contribution in [3.05, 3.63) is 16.0 Å². The van der Waals surface area contributed by atoms with E-state index in [2.05, 4.69) is 30.5 Å². The Bertz CT molecular complexity index is 480. The molecule has 0 atom stereocenters. The lowest BCUT2D eigenvalue weighted by Crippen LogP contribution is -2.35. The van der Waals surface area contributed by atoms with Gasteiger partial charge in [0.1, 0.15) is 5.00 Å². The number of methoxy groups -OCH3 is 1. The molecular weight excluding hydrogens is 248 g/mol. The topological polar surface area (TPSA) is 41.9 Å². The second-order valence-electron chi connectivity index (χ2n) is 4.65. The summed E-state index contributed by atoms with van der Waals surface area (Å²) in [5, 5.41) is 0.692. The Morgan fingerprint density at radius 3 is 2.83 bits per heavy atom.